The summed E-state index contributed by atoms with van der Waals surface area (Å²) in [5, 5.41) is 0. The van der Waals surface area contributed by atoms with Crippen LogP contribution in [-0.2, 0) is 16.4 Å². The number of rotatable bonds is 5. The van der Waals surface area contributed by atoms with Gasteiger partial charge in [-0.2, -0.15) is 0 Å². The summed E-state index contributed by atoms with van der Waals surface area (Å²) in [5.74, 6) is 0.132. The van der Waals surface area contributed by atoms with Gasteiger partial charge >= 0.3 is 0 Å². The standard InChI is InChI=1S/C19H24N2O2S/c1-16(2)20-13-14-21(19-11-7-6-10-18(19)20)24(22,23)15-12-17-8-4-3-5-9-17/h3-11,16H,12-15H2,1-2H3. The maximum atomic E-state index is 12.9. The number of benzene rings is 2. The third kappa shape index (κ3) is 3.41. The fourth-order valence-electron chi connectivity index (χ4n) is 3.18. The molecule has 0 aromatic heterocycles. The topological polar surface area (TPSA) is 40.6 Å². The Morgan fingerprint density at radius 2 is 1.54 bits per heavy atom. The first-order chi connectivity index (χ1) is 11.5. The molecule has 0 radical (unpaired) electrons. The normalized spacial score (nSPS) is 14.8. The van der Waals surface area contributed by atoms with Crippen LogP contribution in [0.15, 0.2) is 54.6 Å². The van der Waals surface area contributed by atoms with Crippen molar-refractivity contribution in [2.24, 2.45) is 0 Å². The second-order valence-electron chi connectivity index (χ2n) is 6.40. The highest BCUT2D eigenvalue weighted by Gasteiger charge is 2.30. The Morgan fingerprint density at radius 1 is 0.917 bits per heavy atom. The predicted octanol–water partition coefficient (Wildman–Crippen LogP) is 3.29. The minimum absolute atomic E-state index is 0.132. The Balaban J connectivity index is 1.84. The molecule has 2 aromatic rings. The first kappa shape index (κ1) is 16.8. The fourth-order valence-corrected chi connectivity index (χ4v) is 4.71. The molecule has 2 aromatic carbocycles. The number of aryl methyl sites for hydroxylation is 1. The van der Waals surface area contributed by atoms with Crippen LogP contribution in [0.2, 0.25) is 0 Å². The molecule has 0 amide bonds. The van der Waals surface area contributed by atoms with Gasteiger partial charge in [0, 0.05) is 12.6 Å². The summed E-state index contributed by atoms with van der Waals surface area (Å²) < 4.78 is 27.4. The molecular formula is C19H24N2O2S. The van der Waals surface area contributed by atoms with E-state index in [0.29, 0.717) is 19.0 Å². The summed E-state index contributed by atoms with van der Waals surface area (Å²) in [5.41, 5.74) is 2.85. The van der Waals surface area contributed by atoms with Crippen molar-refractivity contribution in [3.8, 4) is 0 Å². The van der Waals surface area contributed by atoms with Gasteiger partial charge in [-0.15, -0.1) is 0 Å². The zero-order valence-electron chi connectivity index (χ0n) is 14.2. The molecule has 0 atom stereocenters. The van der Waals surface area contributed by atoms with Gasteiger partial charge in [0.2, 0.25) is 10.0 Å². The molecule has 0 saturated heterocycles. The first-order valence-corrected chi connectivity index (χ1v) is 10.00. The molecule has 1 aliphatic rings. The van der Waals surface area contributed by atoms with Crippen molar-refractivity contribution in [2.45, 2.75) is 26.3 Å². The highest BCUT2D eigenvalue weighted by Crippen LogP contribution is 2.35. The molecule has 0 saturated carbocycles. The van der Waals surface area contributed by atoms with Gasteiger partial charge in [0.15, 0.2) is 0 Å². The van der Waals surface area contributed by atoms with E-state index in [9.17, 15) is 8.42 Å². The van der Waals surface area contributed by atoms with Gasteiger partial charge < -0.3 is 4.90 Å². The molecule has 0 aliphatic carbocycles. The van der Waals surface area contributed by atoms with Gasteiger partial charge in [-0.05, 0) is 38.0 Å². The summed E-state index contributed by atoms with van der Waals surface area (Å²) in [6, 6.07) is 17.9. The highest BCUT2D eigenvalue weighted by molar-refractivity contribution is 7.92. The minimum Gasteiger partial charge on any atom is -0.366 e. The Morgan fingerprint density at radius 3 is 2.21 bits per heavy atom. The Bertz CT molecular complexity index is 788. The third-order valence-electron chi connectivity index (χ3n) is 4.45. The average Bonchev–Trinajstić information content (AvgIpc) is 2.60. The molecule has 0 unspecified atom stereocenters. The lowest BCUT2D eigenvalue weighted by molar-refractivity contribution is 0.584. The van der Waals surface area contributed by atoms with Crippen molar-refractivity contribution in [2.75, 3.05) is 28.0 Å². The monoisotopic (exact) mass is 344 g/mol. The molecule has 0 N–H and O–H groups in total. The van der Waals surface area contributed by atoms with Gasteiger partial charge in [-0.1, -0.05) is 42.5 Å². The zero-order chi connectivity index (χ0) is 17.2. The largest absolute Gasteiger partial charge is 0.366 e. The van der Waals surface area contributed by atoms with Crippen molar-refractivity contribution in [1.82, 2.24) is 0 Å². The second-order valence-corrected chi connectivity index (χ2v) is 8.41. The van der Waals surface area contributed by atoms with Gasteiger partial charge in [0.05, 0.1) is 23.7 Å². The lowest BCUT2D eigenvalue weighted by Crippen LogP contribution is -2.47. The van der Waals surface area contributed by atoms with E-state index < -0.39 is 10.0 Å². The SMILES string of the molecule is CC(C)N1CCN(S(=O)(=O)CCc2ccccc2)c2ccccc21. The van der Waals surface area contributed by atoms with Crippen LogP contribution in [0.1, 0.15) is 19.4 Å². The molecule has 4 nitrogen and oxygen atoms in total. The summed E-state index contributed by atoms with van der Waals surface area (Å²) in [7, 11) is -3.34. The number of hydrogen-bond acceptors (Lipinski definition) is 3. The zero-order valence-corrected chi connectivity index (χ0v) is 15.0. The summed E-state index contributed by atoms with van der Waals surface area (Å²) in [6.45, 7) is 5.50. The van der Waals surface area contributed by atoms with E-state index in [1.807, 2.05) is 54.6 Å². The molecule has 0 fully saturated rings. The number of sulfonamides is 1. The third-order valence-corrected chi connectivity index (χ3v) is 6.23. The Labute approximate surface area is 144 Å². The number of anilines is 2. The van der Waals surface area contributed by atoms with Crippen molar-refractivity contribution in [3.63, 3.8) is 0 Å². The predicted molar refractivity (Wildman–Crippen MR) is 100 cm³/mol. The number of fused-ring (bicyclic) bond motifs is 1. The van der Waals surface area contributed by atoms with Crippen LogP contribution >= 0.6 is 0 Å². The molecule has 128 valence electrons. The maximum Gasteiger partial charge on any atom is 0.235 e. The Hall–Kier alpha value is -2.01. The highest BCUT2D eigenvalue weighted by atomic mass is 32.2. The molecule has 1 aliphatic heterocycles. The van der Waals surface area contributed by atoms with Crippen LogP contribution in [0, 0.1) is 0 Å². The van der Waals surface area contributed by atoms with Gasteiger partial charge in [0.25, 0.3) is 0 Å². The lowest BCUT2D eigenvalue weighted by Gasteiger charge is -2.40. The van der Waals surface area contributed by atoms with E-state index in [4.69, 9.17) is 0 Å². The number of para-hydroxylation sites is 2. The molecule has 0 bridgehead atoms. The van der Waals surface area contributed by atoms with E-state index in [2.05, 4.69) is 18.7 Å². The fraction of sp³-hybridized carbons (Fsp3) is 0.368. The Kier molecular flexibility index (Phi) is 4.81. The maximum absolute atomic E-state index is 12.9. The summed E-state index contributed by atoms with van der Waals surface area (Å²) in [4.78, 5) is 2.26. The molecule has 5 heteroatoms. The lowest BCUT2D eigenvalue weighted by atomic mass is 10.1. The molecule has 24 heavy (non-hydrogen) atoms. The van der Waals surface area contributed by atoms with Crippen molar-refractivity contribution >= 4 is 21.4 Å². The quantitative estimate of drug-likeness (QED) is 0.836. The van der Waals surface area contributed by atoms with Crippen LogP contribution in [0.5, 0.6) is 0 Å². The van der Waals surface area contributed by atoms with Gasteiger partial charge in [0.1, 0.15) is 0 Å². The van der Waals surface area contributed by atoms with Crippen LogP contribution in [0.25, 0.3) is 0 Å². The van der Waals surface area contributed by atoms with Crippen LogP contribution in [-0.4, -0.2) is 33.3 Å². The van der Waals surface area contributed by atoms with E-state index in [0.717, 1.165) is 23.5 Å². The summed E-state index contributed by atoms with van der Waals surface area (Å²) in [6.07, 6.45) is 0.537. The van der Waals surface area contributed by atoms with Crippen molar-refractivity contribution in [1.29, 1.82) is 0 Å². The first-order valence-electron chi connectivity index (χ1n) is 8.39. The average molecular weight is 344 g/mol. The number of hydrogen-bond donors (Lipinski definition) is 0. The van der Waals surface area contributed by atoms with E-state index in [1.165, 1.54) is 0 Å². The van der Waals surface area contributed by atoms with E-state index in [-0.39, 0.29) is 5.75 Å². The van der Waals surface area contributed by atoms with Crippen molar-refractivity contribution < 1.29 is 8.42 Å². The number of nitrogens with zero attached hydrogens (tertiary/aromatic N) is 2. The summed E-state index contributed by atoms with van der Waals surface area (Å²) >= 11 is 0. The van der Waals surface area contributed by atoms with Crippen LogP contribution in [0.4, 0.5) is 11.4 Å². The molecule has 1 heterocycles. The van der Waals surface area contributed by atoms with Crippen molar-refractivity contribution in [3.05, 3.63) is 60.2 Å². The smallest absolute Gasteiger partial charge is 0.235 e. The molecule has 0 spiro atoms. The molecular weight excluding hydrogens is 320 g/mol. The molecule has 3 rings (SSSR count). The van der Waals surface area contributed by atoms with Gasteiger partial charge in [-0.25, -0.2) is 8.42 Å². The van der Waals surface area contributed by atoms with Crippen LogP contribution in [0.3, 0.4) is 0 Å². The van der Waals surface area contributed by atoms with Crippen LogP contribution < -0.4 is 9.21 Å². The van der Waals surface area contributed by atoms with E-state index in [1.54, 1.807) is 4.31 Å². The minimum atomic E-state index is -3.34. The van der Waals surface area contributed by atoms with Gasteiger partial charge in [-0.3, -0.25) is 4.31 Å². The van der Waals surface area contributed by atoms with E-state index >= 15 is 0 Å². The second kappa shape index (κ2) is 6.85.